The van der Waals surface area contributed by atoms with E-state index in [-0.39, 0.29) is 24.2 Å². The van der Waals surface area contributed by atoms with Crippen molar-refractivity contribution in [2.75, 3.05) is 20.2 Å². The number of nitrogens with zero attached hydrogens (tertiary/aromatic N) is 2. The first-order valence-corrected chi connectivity index (χ1v) is 7.38. The lowest BCUT2D eigenvalue weighted by atomic mass is 9.96. The molecule has 0 spiro atoms. The van der Waals surface area contributed by atoms with Crippen LogP contribution in [0.25, 0.3) is 11.0 Å². The molecular formula is C16H18N2O4. The van der Waals surface area contributed by atoms with Crippen LogP contribution in [0.1, 0.15) is 18.5 Å². The van der Waals surface area contributed by atoms with E-state index in [1.54, 1.807) is 4.90 Å². The third-order valence-electron chi connectivity index (χ3n) is 4.15. The Balaban J connectivity index is 1.62. The van der Waals surface area contributed by atoms with E-state index in [1.165, 1.54) is 7.11 Å². The monoisotopic (exact) mass is 302 g/mol. The van der Waals surface area contributed by atoms with Crippen molar-refractivity contribution in [3.8, 4) is 0 Å². The van der Waals surface area contributed by atoms with Gasteiger partial charge < -0.3 is 14.2 Å². The number of likely N-dealkylation sites (tertiary alicyclic amines) is 1. The van der Waals surface area contributed by atoms with Gasteiger partial charge in [0.05, 0.1) is 19.4 Å². The number of aromatic nitrogens is 1. The smallest absolute Gasteiger partial charge is 0.308 e. The van der Waals surface area contributed by atoms with Crippen molar-refractivity contribution in [1.29, 1.82) is 0 Å². The van der Waals surface area contributed by atoms with Crippen molar-refractivity contribution < 1.29 is 18.8 Å². The summed E-state index contributed by atoms with van der Waals surface area (Å²) in [6, 6.07) is 7.50. The summed E-state index contributed by atoms with van der Waals surface area (Å²) in [6.45, 7) is 1.16. The largest absolute Gasteiger partial charge is 0.469 e. The van der Waals surface area contributed by atoms with Crippen LogP contribution in [-0.4, -0.2) is 42.1 Å². The summed E-state index contributed by atoms with van der Waals surface area (Å²) in [4.78, 5) is 25.7. The zero-order valence-corrected chi connectivity index (χ0v) is 12.4. The Bertz CT molecular complexity index is 686. The summed E-state index contributed by atoms with van der Waals surface area (Å²) in [5.41, 5.74) is 1.35. The van der Waals surface area contributed by atoms with Gasteiger partial charge in [0.15, 0.2) is 5.58 Å². The third kappa shape index (κ3) is 2.81. The number of carbonyl (C=O) groups is 2. The fraction of sp³-hybridized carbons (Fsp3) is 0.438. The maximum absolute atomic E-state index is 12.4. The number of hydrogen-bond donors (Lipinski definition) is 0. The van der Waals surface area contributed by atoms with E-state index in [0.717, 1.165) is 5.39 Å². The predicted octanol–water partition coefficient (Wildman–Crippen LogP) is 1.78. The number of fused-ring (bicyclic) bond motifs is 1. The fourth-order valence-electron chi connectivity index (χ4n) is 2.85. The van der Waals surface area contributed by atoms with Gasteiger partial charge in [-0.3, -0.25) is 9.59 Å². The summed E-state index contributed by atoms with van der Waals surface area (Å²) >= 11 is 0. The number of amides is 1. The normalized spacial score (nSPS) is 16.0. The quantitative estimate of drug-likeness (QED) is 0.808. The fourth-order valence-corrected chi connectivity index (χ4v) is 2.85. The Kier molecular flexibility index (Phi) is 4.09. The molecule has 0 N–H and O–H groups in total. The minimum absolute atomic E-state index is 0.0161. The van der Waals surface area contributed by atoms with E-state index in [1.807, 2.05) is 24.3 Å². The molecule has 6 heteroatoms. The molecule has 0 atom stereocenters. The zero-order chi connectivity index (χ0) is 15.5. The lowest BCUT2D eigenvalue weighted by Crippen LogP contribution is -2.41. The topological polar surface area (TPSA) is 72.6 Å². The standard InChI is InChI=1S/C16H18N2O4/c1-21-16(20)11-6-8-18(9-7-11)15(19)10-13-12-4-2-3-5-14(12)22-17-13/h2-5,11H,6-10H2,1H3. The molecule has 2 aromatic rings. The highest BCUT2D eigenvalue weighted by molar-refractivity contribution is 5.86. The summed E-state index contributed by atoms with van der Waals surface area (Å²) in [5, 5.41) is 4.87. The van der Waals surface area contributed by atoms with Crippen molar-refractivity contribution in [2.24, 2.45) is 5.92 Å². The average molecular weight is 302 g/mol. The van der Waals surface area contributed by atoms with Gasteiger partial charge in [-0.05, 0) is 25.0 Å². The highest BCUT2D eigenvalue weighted by Crippen LogP contribution is 2.21. The molecule has 0 unspecified atom stereocenters. The van der Waals surface area contributed by atoms with Crippen LogP contribution in [-0.2, 0) is 20.7 Å². The molecule has 0 aliphatic carbocycles. The Morgan fingerprint density at radius 3 is 2.77 bits per heavy atom. The first kappa shape index (κ1) is 14.6. The van der Waals surface area contributed by atoms with Gasteiger partial charge >= 0.3 is 5.97 Å². The van der Waals surface area contributed by atoms with Gasteiger partial charge in [0, 0.05) is 18.5 Å². The SMILES string of the molecule is COC(=O)C1CCN(C(=O)Cc2noc3ccccc23)CC1. The number of piperidine rings is 1. The molecule has 3 rings (SSSR count). The number of rotatable bonds is 3. The van der Waals surface area contributed by atoms with Gasteiger partial charge in [-0.15, -0.1) is 0 Å². The van der Waals surface area contributed by atoms with E-state index in [4.69, 9.17) is 9.26 Å². The second kappa shape index (κ2) is 6.17. The Morgan fingerprint density at radius 1 is 1.32 bits per heavy atom. The van der Waals surface area contributed by atoms with E-state index in [2.05, 4.69) is 5.16 Å². The molecular weight excluding hydrogens is 284 g/mol. The van der Waals surface area contributed by atoms with Crippen LogP contribution in [0.15, 0.2) is 28.8 Å². The van der Waals surface area contributed by atoms with Gasteiger partial charge in [0.25, 0.3) is 0 Å². The summed E-state index contributed by atoms with van der Waals surface area (Å²) in [6.07, 6.45) is 1.52. The van der Waals surface area contributed by atoms with Crippen molar-refractivity contribution in [3.63, 3.8) is 0 Å². The molecule has 6 nitrogen and oxygen atoms in total. The molecule has 1 amide bonds. The number of benzene rings is 1. The second-order valence-corrected chi connectivity index (χ2v) is 5.48. The second-order valence-electron chi connectivity index (χ2n) is 5.48. The summed E-state index contributed by atoms with van der Waals surface area (Å²) in [7, 11) is 1.40. The van der Waals surface area contributed by atoms with Crippen LogP contribution in [0.2, 0.25) is 0 Å². The lowest BCUT2D eigenvalue weighted by molar-refractivity contribution is -0.148. The zero-order valence-electron chi connectivity index (χ0n) is 12.4. The number of carbonyl (C=O) groups excluding carboxylic acids is 2. The molecule has 2 heterocycles. The van der Waals surface area contributed by atoms with Crippen LogP contribution in [0.3, 0.4) is 0 Å². The third-order valence-corrected chi connectivity index (χ3v) is 4.15. The van der Waals surface area contributed by atoms with Gasteiger partial charge in [0.1, 0.15) is 5.69 Å². The van der Waals surface area contributed by atoms with E-state index in [9.17, 15) is 9.59 Å². The minimum Gasteiger partial charge on any atom is -0.469 e. The maximum Gasteiger partial charge on any atom is 0.308 e. The van der Waals surface area contributed by atoms with E-state index in [0.29, 0.717) is 37.2 Å². The van der Waals surface area contributed by atoms with Crippen molar-refractivity contribution >= 4 is 22.8 Å². The number of para-hydroxylation sites is 1. The molecule has 0 bridgehead atoms. The molecule has 1 aromatic carbocycles. The highest BCUT2D eigenvalue weighted by atomic mass is 16.5. The van der Waals surface area contributed by atoms with Crippen molar-refractivity contribution in [1.82, 2.24) is 10.1 Å². The average Bonchev–Trinajstić information content (AvgIpc) is 2.97. The molecule has 1 saturated heterocycles. The molecule has 1 fully saturated rings. The molecule has 1 aliphatic heterocycles. The Morgan fingerprint density at radius 2 is 2.05 bits per heavy atom. The van der Waals surface area contributed by atoms with Gasteiger partial charge in [-0.25, -0.2) is 0 Å². The van der Waals surface area contributed by atoms with Gasteiger partial charge in [-0.2, -0.15) is 0 Å². The van der Waals surface area contributed by atoms with Gasteiger partial charge in [-0.1, -0.05) is 17.3 Å². The Labute approximate surface area is 128 Å². The summed E-state index contributed by atoms with van der Waals surface area (Å²) < 4.78 is 9.97. The van der Waals surface area contributed by atoms with E-state index >= 15 is 0 Å². The lowest BCUT2D eigenvalue weighted by Gasteiger charge is -2.30. The van der Waals surface area contributed by atoms with Crippen molar-refractivity contribution in [2.45, 2.75) is 19.3 Å². The van der Waals surface area contributed by atoms with Crippen molar-refractivity contribution in [3.05, 3.63) is 30.0 Å². The number of methoxy groups -OCH3 is 1. The molecule has 0 radical (unpaired) electrons. The molecule has 1 aliphatic rings. The molecule has 1 aromatic heterocycles. The number of esters is 1. The molecule has 0 saturated carbocycles. The number of ether oxygens (including phenoxy) is 1. The maximum atomic E-state index is 12.4. The molecule has 116 valence electrons. The first-order valence-electron chi connectivity index (χ1n) is 7.38. The summed E-state index contributed by atoms with van der Waals surface area (Å²) in [5.74, 6) is -0.265. The predicted molar refractivity (Wildman–Crippen MR) is 79.0 cm³/mol. The molecule has 22 heavy (non-hydrogen) atoms. The number of hydrogen-bond acceptors (Lipinski definition) is 5. The van der Waals surface area contributed by atoms with E-state index < -0.39 is 0 Å². The first-order chi connectivity index (χ1) is 10.7. The highest BCUT2D eigenvalue weighted by Gasteiger charge is 2.28. The van der Waals surface area contributed by atoms with Crippen LogP contribution in [0.4, 0.5) is 0 Å². The van der Waals surface area contributed by atoms with Crippen LogP contribution < -0.4 is 0 Å². The minimum atomic E-state index is -0.186. The van der Waals surface area contributed by atoms with Crippen LogP contribution >= 0.6 is 0 Å². The van der Waals surface area contributed by atoms with Gasteiger partial charge in [0.2, 0.25) is 5.91 Å². The van der Waals surface area contributed by atoms with Crippen LogP contribution in [0, 0.1) is 5.92 Å². The Hall–Kier alpha value is -2.37. The van der Waals surface area contributed by atoms with Crippen LogP contribution in [0.5, 0.6) is 0 Å².